The van der Waals surface area contributed by atoms with Gasteiger partial charge in [0.15, 0.2) is 6.61 Å². The summed E-state index contributed by atoms with van der Waals surface area (Å²) >= 11 is 0. The lowest BCUT2D eigenvalue weighted by Gasteiger charge is -2.27. The van der Waals surface area contributed by atoms with Crippen molar-refractivity contribution in [2.24, 2.45) is 11.1 Å². The first-order valence-corrected chi connectivity index (χ1v) is 8.75. The maximum Gasteiger partial charge on any atom is 0.258 e. The molecular formula is C19H30ClN3O3. The van der Waals surface area contributed by atoms with Crippen LogP contribution in [-0.4, -0.2) is 30.5 Å². The average Bonchev–Trinajstić information content (AvgIpc) is 3.35. The Kier molecular flexibility index (Phi) is 7.90. The number of benzene rings is 1. The van der Waals surface area contributed by atoms with Gasteiger partial charge in [0, 0.05) is 6.04 Å². The van der Waals surface area contributed by atoms with E-state index < -0.39 is 6.04 Å². The van der Waals surface area contributed by atoms with Crippen LogP contribution in [0.5, 0.6) is 5.75 Å². The van der Waals surface area contributed by atoms with Gasteiger partial charge in [-0.2, -0.15) is 0 Å². The fourth-order valence-electron chi connectivity index (χ4n) is 2.28. The first-order valence-electron chi connectivity index (χ1n) is 8.75. The largest absolute Gasteiger partial charge is 0.484 e. The lowest BCUT2D eigenvalue weighted by Crippen LogP contribution is -2.49. The van der Waals surface area contributed by atoms with E-state index in [1.54, 1.807) is 12.1 Å². The normalized spacial score (nSPS) is 16.0. The Morgan fingerprint density at radius 1 is 1.23 bits per heavy atom. The molecule has 1 aromatic rings. The molecule has 2 rings (SSSR count). The quantitative estimate of drug-likeness (QED) is 0.673. The van der Waals surface area contributed by atoms with Crippen LogP contribution in [0.4, 0.5) is 0 Å². The van der Waals surface area contributed by atoms with E-state index >= 15 is 0 Å². The molecule has 0 aliphatic heterocycles. The zero-order valence-electron chi connectivity index (χ0n) is 15.9. The molecule has 1 fully saturated rings. The minimum Gasteiger partial charge on any atom is -0.484 e. The monoisotopic (exact) mass is 383 g/mol. The number of hydrogen-bond acceptors (Lipinski definition) is 4. The van der Waals surface area contributed by atoms with Gasteiger partial charge in [0.25, 0.3) is 5.91 Å². The maximum absolute atomic E-state index is 12.2. The van der Waals surface area contributed by atoms with Crippen molar-refractivity contribution >= 4 is 24.2 Å². The Labute approximate surface area is 161 Å². The third kappa shape index (κ3) is 6.84. The molecular weight excluding hydrogens is 354 g/mol. The summed E-state index contributed by atoms with van der Waals surface area (Å²) in [4.78, 5) is 23.8. The molecule has 1 aliphatic carbocycles. The zero-order chi connectivity index (χ0) is 18.6. The van der Waals surface area contributed by atoms with Crippen LogP contribution >= 0.6 is 12.4 Å². The van der Waals surface area contributed by atoms with Gasteiger partial charge >= 0.3 is 0 Å². The summed E-state index contributed by atoms with van der Waals surface area (Å²) in [7, 11) is 0. The SMILES string of the molecule is CC(NC(=O)[C@@H](N)C(C)(C)C)c1ccc(OCC(=O)NC2CC2)cc1.Cl. The number of hydrogen-bond donors (Lipinski definition) is 3. The molecule has 0 heterocycles. The van der Waals surface area contributed by atoms with Gasteiger partial charge < -0.3 is 21.1 Å². The Morgan fingerprint density at radius 3 is 2.31 bits per heavy atom. The van der Waals surface area contributed by atoms with E-state index in [-0.39, 0.29) is 42.3 Å². The van der Waals surface area contributed by atoms with Crippen LogP contribution in [0.25, 0.3) is 0 Å². The van der Waals surface area contributed by atoms with Crippen molar-refractivity contribution in [2.45, 2.75) is 58.7 Å². The number of rotatable bonds is 7. The summed E-state index contributed by atoms with van der Waals surface area (Å²) in [6.07, 6.45) is 2.12. The van der Waals surface area contributed by atoms with E-state index in [0.29, 0.717) is 11.8 Å². The molecule has 0 saturated heterocycles. The first-order chi connectivity index (χ1) is 11.7. The fourth-order valence-corrected chi connectivity index (χ4v) is 2.28. The predicted molar refractivity (Wildman–Crippen MR) is 104 cm³/mol. The molecule has 2 amide bonds. The molecule has 1 saturated carbocycles. The molecule has 1 unspecified atom stereocenters. The predicted octanol–water partition coefficient (Wildman–Crippen LogP) is 2.32. The van der Waals surface area contributed by atoms with E-state index in [4.69, 9.17) is 10.5 Å². The highest BCUT2D eigenvalue weighted by atomic mass is 35.5. The number of nitrogens with one attached hydrogen (secondary N) is 2. The molecule has 0 bridgehead atoms. The second-order valence-corrected chi connectivity index (χ2v) is 7.77. The van der Waals surface area contributed by atoms with Crippen LogP contribution < -0.4 is 21.1 Å². The summed E-state index contributed by atoms with van der Waals surface area (Å²) in [5.41, 5.74) is 6.64. The smallest absolute Gasteiger partial charge is 0.258 e. The van der Waals surface area contributed by atoms with Crippen LogP contribution in [0.1, 0.15) is 52.1 Å². The minimum absolute atomic E-state index is 0. The van der Waals surface area contributed by atoms with Crippen molar-refractivity contribution in [3.63, 3.8) is 0 Å². The maximum atomic E-state index is 12.2. The van der Waals surface area contributed by atoms with Crippen molar-refractivity contribution in [2.75, 3.05) is 6.61 Å². The number of halogens is 1. The van der Waals surface area contributed by atoms with Gasteiger partial charge in [-0.25, -0.2) is 0 Å². The molecule has 146 valence electrons. The molecule has 1 aromatic carbocycles. The van der Waals surface area contributed by atoms with Gasteiger partial charge in [-0.05, 0) is 42.9 Å². The molecule has 26 heavy (non-hydrogen) atoms. The third-order valence-corrected chi connectivity index (χ3v) is 4.27. The molecule has 2 atom stereocenters. The topological polar surface area (TPSA) is 93.5 Å². The lowest BCUT2D eigenvalue weighted by molar-refractivity contribution is -0.125. The van der Waals surface area contributed by atoms with Crippen LogP contribution in [0.2, 0.25) is 0 Å². The third-order valence-electron chi connectivity index (χ3n) is 4.27. The highest BCUT2D eigenvalue weighted by Gasteiger charge is 2.28. The fraction of sp³-hybridized carbons (Fsp3) is 0.579. The number of carbonyl (C=O) groups is 2. The molecule has 0 spiro atoms. The second-order valence-electron chi connectivity index (χ2n) is 7.77. The number of amides is 2. The summed E-state index contributed by atoms with van der Waals surface area (Å²) in [6.45, 7) is 7.74. The highest BCUT2D eigenvalue weighted by molar-refractivity contribution is 5.85. The summed E-state index contributed by atoms with van der Waals surface area (Å²) in [6, 6.07) is 6.96. The van der Waals surface area contributed by atoms with Crippen molar-refractivity contribution < 1.29 is 14.3 Å². The lowest BCUT2D eigenvalue weighted by atomic mass is 9.86. The average molecular weight is 384 g/mol. The highest BCUT2D eigenvalue weighted by Crippen LogP contribution is 2.21. The Hall–Kier alpha value is -1.79. The van der Waals surface area contributed by atoms with Crippen LogP contribution in [0, 0.1) is 5.41 Å². The van der Waals surface area contributed by atoms with E-state index in [0.717, 1.165) is 18.4 Å². The van der Waals surface area contributed by atoms with Crippen LogP contribution in [-0.2, 0) is 9.59 Å². The van der Waals surface area contributed by atoms with Gasteiger partial charge in [-0.15, -0.1) is 12.4 Å². The molecule has 4 N–H and O–H groups in total. The van der Waals surface area contributed by atoms with E-state index in [1.807, 2.05) is 39.8 Å². The Balaban J connectivity index is 0.00000338. The van der Waals surface area contributed by atoms with Gasteiger partial charge in [0.1, 0.15) is 5.75 Å². The Morgan fingerprint density at radius 2 is 1.81 bits per heavy atom. The van der Waals surface area contributed by atoms with Crippen LogP contribution in [0.15, 0.2) is 24.3 Å². The van der Waals surface area contributed by atoms with E-state index in [9.17, 15) is 9.59 Å². The number of carbonyl (C=O) groups excluding carboxylic acids is 2. The zero-order valence-corrected chi connectivity index (χ0v) is 16.7. The van der Waals surface area contributed by atoms with Gasteiger partial charge in [0.05, 0.1) is 12.1 Å². The Bertz CT molecular complexity index is 609. The van der Waals surface area contributed by atoms with Crippen molar-refractivity contribution in [1.29, 1.82) is 0 Å². The van der Waals surface area contributed by atoms with Gasteiger partial charge in [-0.3, -0.25) is 9.59 Å². The number of nitrogens with two attached hydrogens (primary N) is 1. The molecule has 6 nitrogen and oxygen atoms in total. The molecule has 1 aliphatic rings. The number of ether oxygens (including phenoxy) is 1. The van der Waals surface area contributed by atoms with Gasteiger partial charge in [0.2, 0.25) is 5.91 Å². The van der Waals surface area contributed by atoms with Crippen molar-refractivity contribution in [3.05, 3.63) is 29.8 Å². The first kappa shape index (κ1) is 22.3. The summed E-state index contributed by atoms with van der Waals surface area (Å²) in [5, 5.41) is 5.81. The van der Waals surface area contributed by atoms with Crippen LogP contribution in [0.3, 0.4) is 0 Å². The molecule has 0 aromatic heterocycles. The second kappa shape index (κ2) is 9.24. The van der Waals surface area contributed by atoms with E-state index in [1.165, 1.54) is 0 Å². The molecule has 0 radical (unpaired) electrons. The summed E-state index contributed by atoms with van der Waals surface area (Å²) in [5.74, 6) is 0.361. The summed E-state index contributed by atoms with van der Waals surface area (Å²) < 4.78 is 5.48. The van der Waals surface area contributed by atoms with Gasteiger partial charge in [-0.1, -0.05) is 32.9 Å². The van der Waals surface area contributed by atoms with Crippen molar-refractivity contribution in [1.82, 2.24) is 10.6 Å². The standard InChI is InChI=1S/C19H29N3O3.ClH/c1-12(21-18(24)17(20)19(2,3)4)13-5-9-15(10-6-13)25-11-16(23)22-14-7-8-14;/h5-6,9-10,12,14,17H,7-8,11,20H2,1-4H3,(H,21,24)(H,22,23);1H/t12?,17-;/m1./s1. The minimum atomic E-state index is -0.567. The van der Waals surface area contributed by atoms with Crippen molar-refractivity contribution in [3.8, 4) is 5.75 Å². The van der Waals surface area contributed by atoms with E-state index in [2.05, 4.69) is 10.6 Å². The molecule has 7 heteroatoms.